The van der Waals surface area contributed by atoms with E-state index in [1.54, 1.807) is 25.3 Å². The number of carboxylic acid groups (broad SMARTS) is 2. The molecule has 11 nitrogen and oxygen atoms in total. The van der Waals surface area contributed by atoms with Gasteiger partial charge in [0.25, 0.3) is 0 Å². The fourth-order valence-corrected chi connectivity index (χ4v) is 3.20. The average Bonchev–Trinajstić information content (AvgIpc) is 3.31. The van der Waals surface area contributed by atoms with Crippen LogP contribution in [0.15, 0.2) is 60.9 Å². The van der Waals surface area contributed by atoms with Gasteiger partial charge in [-0.05, 0) is 30.0 Å². The maximum atomic E-state index is 12.5. The van der Waals surface area contributed by atoms with Crippen molar-refractivity contribution in [1.29, 1.82) is 10.8 Å². The van der Waals surface area contributed by atoms with E-state index in [4.69, 9.17) is 46.8 Å². The predicted octanol–water partition coefficient (Wildman–Crippen LogP) is 4.14. The van der Waals surface area contributed by atoms with Crippen molar-refractivity contribution in [2.75, 3.05) is 6.61 Å². The van der Waals surface area contributed by atoms with Crippen molar-refractivity contribution in [3.05, 3.63) is 94.3 Å². The molecule has 17 heteroatoms. The smallest absolute Gasteiger partial charge is 0.475 e. The molecule has 44 heavy (non-hydrogen) atoms. The van der Waals surface area contributed by atoms with Gasteiger partial charge in [0.15, 0.2) is 0 Å². The van der Waals surface area contributed by atoms with Crippen LogP contribution in [0.1, 0.15) is 45.1 Å². The zero-order chi connectivity index (χ0) is 33.8. The minimum absolute atomic E-state index is 0.0238. The molecule has 0 aliphatic rings. The zero-order valence-electron chi connectivity index (χ0n) is 22.8. The Kier molecular flexibility index (Phi) is 13.1. The number of carbonyl (C=O) groups is 3. The number of amidine groups is 2. The van der Waals surface area contributed by atoms with Crippen molar-refractivity contribution in [2.45, 2.75) is 32.2 Å². The quantitative estimate of drug-likeness (QED) is 0.0920. The summed E-state index contributed by atoms with van der Waals surface area (Å²) < 4.78 is 70.7. The topological polar surface area (TPSA) is 206 Å². The molecule has 2 aromatic carbocycles. The lowest BCUT2D eigenvalue weighted by molar-refractivity contribution is -0.193. The number of nitrogens with zero attached hydrogens (tertiary/aromatic N) is 1. The van der Waals surface area contributed by atoms with Crippen LogP contribution in [-0.4, -0.2) is 63.3 Å². The number of carbonyl (C=O) groups excluding carboxylic acids is 1. The highest BCUT2D eigenvalue weighted by Crippen LogP contribution is 2.19. The average molecular weight is 632 g/mol. The van der Waals surface area contributed by atoms with Crippen molar-refractivity contribution in [3.63, 3.8) is 0 Å². The van der Waals surface area contributed by atoms with Gasteiger partial charge in [0, 0.05) is 30.1 Å². The van der Waals surface area contributed by atoms with E-state index in [9.17, 15) is 31.1 Å². The van der Waals surface area contributed by atoms with Gasteiger partial charge in [-0.3, -0.25) is 10.8 Å². The standard InChI is InChI=1S/C23H25N5O2.2C2HF3O2/c1-2-30-23(29)20-14-28(12-16-5-9-18(10-6-16)22(26)27)13-19(20)11-15-3-7-17(8-4-15)21(24)25;2*3-2(4,5)1(6)7/h3-10,13-14H,2,11-12H2,1H3,(H3,24,25)(H3,26,27);2*(H,6,7). The third-order valence-corrected chi connectivity index (χ3v) is 5.23. The number of benzene rings is 2. The van der Waals surface area contributed by atoms with Gasteiger partial charge in [-0.25, -0.2) is 14.4 Å². The second-order valence-electron chi connectivity index (χ2n) is 8.59. The lowest BCUT2D eigenvalue weighted by atomic mass is 10.0. The molecule has 3 aromatic rings. The molecular weight excluding hydrogens is 604 g/mol. The monoisotopic (exact) mass is 631 g/mol. The van der Waals surface area contributed by atoms with Crippen LogP contribution in [0.4, 0.5) is 26.3 Å². The highest BCUT2D eigenvalue weighted by atomic mass is 19.4. The maximum absolute atomic E-state index is 12.5. The molecule has 1 heterocycles. The van der Waals surface area contributed by atoms with E-state index in [1.165, 1.54) is 0 Å². The number of nitrogens with one attached hydrogen (secondary N) is 2. The summed E-state index contributed by atoms with van der Waals surface area (Å²) in [7, 11) is 0. The van der Waals surface area contributed by atoms with Gasteiger partial charge in [-0.2, -0.15) is 26.3 Å². The fraction of sp³-hybridized carbons (Fsp3) is 0.222. The van der Waals surface area contributed by atoms with Crippen LogP contribution >= 0.6 is 0 Å². The van der Waals surface area contributed by atoms with Crippen LogP contribution in [0, 0.1) is 10.8 Å². The minimum Gasteiger partial charge on any atom is -0.475 e. The molecule has 0 radical (unpaired) electrons. The Balaban J connectivity index is 0.000000574. The van der Waals surface area contributed by atoms with Crippen LogP contribution in [0.2, 0.25) is 0 Å². The second-order valence-corrected chi connectivity index (χ2v) is 8.59. The zero-order valence-corrected chi connectivity index (χ0v) is 22.8. The molecule has 1 aromatic heterocycles. The lowest BCUT2D eigenvalue weighted by Gasteiger charge is -2.05. The Morgan fingerprint density at radius 2 is 1.16 bits per heavy atom. The number of alkyl halides is 6. The second kappa shape index (κ2) is 15.8. The number of carboxylic acids is 2. The molecule has 0 aliphatic heterocycles. The Labute approximate surface area is 245 Å². The van der Waals surface area contributed by atoms with Crippen LogP contribution in [-0.2, 0) is 27.3 Å². The van der Waals surface area contributed by atoms with Crippen molar-refractivity contribution in [1.82, 2.24) is 4.57 Å². The first-order valence-electron chi connectivity index (χ1n) is 12.1. The summed E-state index contributed by atoms with van der Waals surface area (Å²) in [5, 5.41) is 29.2. The molecule has 0 saturated heterocycles. The van der Waals surface area contributed by atoms with E-state index in [2.05, 4.69) is 0 Å². The third-order valence-electron chi connectivity index (χ3n) is 5.23. The summed E-state index contributed by atoms with van der Waals surface area (Å²) in [4.78, 5) is 30.3. The molecule has 8 N–H and O–H groups in total. The molecule has 0 bridgehead atoms. The summed E-state index contributed by atoms with van der Waals surface area (Å²) in [6, 6.07) is 14.9. The maximum Gasteiger partial charge on any atom is 0.490 e. The molecule has 238 valence electrons. The van der Waals surface area contributed by atoms with E-state index >= 15 is 0 Å². The molecule has 0 atom stereocenters. The number of ether oxygens (including phenoxy) is 1. The van der Waals surface area contributed by atoms with Crippen molar-refractivity contribution >= 4 is 29.6 Å². The summed E-state index contributed by atoms with van der Waals surface area (Å²) in [6.07, 6.45) is -5.86. The Morgan fingerprint density at radius 1 is 0.773 bits per heavy atom. The number of halogens is 6. The highest BCUT2D eigenvalue weighted by Gasteiger charge is 2.38. The third kappa shape index (κ3) is 12.3. The molecule has 0 fully saturated rings. The van der Waals surface area contributed by atoms with E-state index < -0.39 is 24.3 Å². The number of aliphatic carboxylic acids is 2. The molecule has 0 unspecified atom stereocenters. The number of hydrogen-bond donors (Lipinski definition) is 6. The molecule has 0 spiro atoms. The van der Waals surface area contributed by atoms with Crippen LogP contribution in [0.5, 0.6) is 0 Å². The van der Waals surface area contributed by atoms with Gasteiger partial charge in [-0.15, -0.1) is 0 Å². The van der Waals surface area contributed by atoms with Gasteiger partial charge in [0.1, 0.15) is 11.7 Å². The minimum atomic E-state index is -5.08. The van der Waals surface area contributed by atoms with E-state index in [0.29, 0.717) is 36.3 Å². The van der Waals surface area contributed by atoms with Crippen molar-refractivity contribution in [3.8, 4) is 0 Å². The number of hydrogen-bond acceptors (Lipinski definition) is 6. The highest BCUT2D eigenvalue weighted by molar-refractivity contribution is 5.95. The summed E-state index contributed by atoms with van der Waals surface area (Å²) in [5.41, 5.74) is 15.8. The number of nitrogen functional groups attached to an aromatic ring is 2. The number of rotatable bonds is 8. The normalized spacial score (nSPS) is 10.8. The Bertz CT molecular complexity index is 1440. The number of nitrogens with two attached hydrogens (primary N) is 2. The van der Waals surface area contributed by atoms with Gasteiger partial charge < -0.3 is 31.0 Å². The summed E-state index contributed by atoms with van der Waals surface area (Å²) >= 11 is 0. The largest absolute Gasteiger partial charge is 0.490 e. The van der Waals surface area contributed by atoms with Gasteiger partial charge in [0.05, 0.1) is 12.2 Å². The first-order chi connectivity index (χ1) is 20.3. The summed E-state index contributed by atoms with van der Waals surface area (Å²) in [5.74, 6) is -5.81. The van der Waals surface area contributed by atoms with Crippen LogP contribution in [0.3, 0.4) is 0 Å². The lowest BCUT2D eigenvalue weighted by Crippen LogP contribution is -2.21. The SMILES string of the molecule is CCOC(=O)c1cn(Cc2ccc(C(=N)N)cc2)cc1Cc1ccc(C(=N)N)cc1.O=C(O)C(F)(F)F.O=C(O)C(F)(F)F. The first-order valence-corrected chi connectivity index (χ1v) is 12.1. The molecule has 0 aliphatic carbocycles. The Hall–Kier alpha value is -5.35. The summed E-state index contributed by atoms with van der Waals surface area (Å²) in [6.45, 7) is 2.67. The van der Waals surface area contributed by atoms with E-state index in [0.717, 1.165) is 16.7 Å². The Morgan fingerprint density at radius 3 is 1.50 bits per heavy atom. The number of esters is 1. The van der Waals surface area contributed by atoms with Gasteiger partial charge >= 0.3 is 30.3 Å². The van der Waals surface area contributed by atoms with E-state index in [-0.39, 0.29) is 17.6 Å². The molecule has 0 saturated carbocycles. The van der Waals surface area contributed by atoms with Crippen molar-refractivity contribution < 1.29 is 55.7 Å². The fourth-order valence-electron chi connectivity index (χ4n) is 3.20. The number of aromatic nitrogens is 1. The molecule has 3 rings (SSSR count). The molecular formula is C27H27F6N5O6. The van der Waals surface area contributed by atoms with Crippen LogP contribution in [0.25, 0.3) is 0 Å². The van der Waals surface area contributed by atoms with Gasteiger partial charge in [0.2, 0.25) is 0 Å². The van der Waals surface area contributed by atoms with Gasteiger partial charge in [-0.1, -0.05) is 48.5 Å². The molecule has 0 amide bonds. The first kappa shape index (κ1) is 36.7. The van der Waals surface area contributed by atoms with E-state index in [1.807, 2.05) is 47.2 Å². The van der Waals surface area contributed by atoms with Crippen molar-refractivity contribution in [2.24, 2.45) is 11.5 Å². The predicted molar refractivity (Wildman–Crippen MR) is 145 cm³/mol. The van der Waals surface area contributed by atoms with Crippen LogP contribution < -0.4 is 11.5 Å².